The first kappa shape index (κ1) is 18.8. The van der Waals surface area contributed by atoms with Gasteiger partial charge in [0.1, 0.15) is 10.8 Å². The van der Waals surface area contributed by atoms with Crippen molar-refractivity contribution in [1.29, 1.82) is 0 Å². The summed E-state index contributed by atoms with van der Waals surface area (Å²) >= 11 is 1.68. The lowest BCUT2D eigenvalue weighted by Gasteiger charge is -2.23. The molecule has 0 spiro atoms. The number of amides is 1. The Morgan fingerprint density at radius 3 is 2.50 bits per heavy atom. The third-order valence-electron chi connectivity index (χ3n) is 5.49. The fourth-order valence-electron chi connectivity index (χ4n) is 3.96. The number of aromatic nitrogens is 1. The lowest BCUT2D eigenvalue weighted by atomic mass is 10.1. The van der Waals surface area contributed by atoms with Gasteiger partial charge >= 0.3 is 0 Å². The number of fused-ring (bicyclic) bond motifs is 1. The highest BCUT2D eigenvalue weighted by molar-refractivity contribution is 7.18. The van der Waals surface area contributed by atoms with Crippen LogP contribution in [0.4, 0.5) is 0 Å². The molecule has 0 bridgehead atoms. The molecular weight excluding hydrogens is 392 g/mol. The Morgan fingerprint density at radius 1 is 0.967 bits per heavy atom. The molecule has 1 aromatic heterocycles. The first-order valence-electron chi connectivity index (χ1n) is 10.2. The fourth-order valence-corrected chi connectivity index (χ4v) is 5.07. The maximum absolute atomic E-state index is 12.9. The molecule has 1 amide bonds. The summed E-state index contributed by atoms with van der Waals surface area (Å²) in [5.74, 6) is 0.725. The molecule has 1 atom stereocenters. The van der Waals surface area contributed by atoms with Crippen LogP contribution >= 0.6 is 11.3 Å². The van der Waals surface area contributed by atoms with Crippen molar-refractivity contribution in [2.75, 3.05) is 13.2 Å². The van der Waals surface area contributed by atoms with Gasteiger partial charge in [-0.25, -0.2) is 4.98 Å². The van der Waals surface area contributed by atoms with Gasteiger partial charge in [0.05, 0.1) is 16.3 Å². The molecule has 30 heavy (non-hydrogen) atoms. The summed E-state index contributed by atoms with van der Waals surface area (Å²) in [4.78, 5) is 19.6. The number of carbonyl (C=O) groups is 1. The average molecular weight is 415 g/mol. The Labute approximate surface area is 179 Å². The molecule has 0 unspecified atom stereocenters. The Morgan fingerprint density at radius 2 is 1.70 bits per heavy atom. The van der Waals surface area contributed by atoms with E-state index in [-0.39, 0.29) is 18.6 Å². The van der Waals surface area contributed by atoms with Gasteiger partial charge in [-0.2, -0.15) is 0 Å². The van der Waals surface area contributed by atoms with E-state index in [0.717, 1.165) is 41.0 Å². The molecule has 0 N–H and O–H groups in total. The molecule has 150 valence electrons. The largest absolute Gasteiger partial charge is 0.484 e. The minimum atomic E-state index is 0.0175. The van der Waals surface area contributed by atoms with Gasteiger partial charge in [-0.1, -0.05) is 54.6 Å². The van der Waals surface area contributed by atoms with Crippen molar-refractivity contribution >= 4 is 27.5 Å². The minimum Gasteiger partial charge on any atom is -0.484 e. The second-order valence-electron chi connectivity index (χ2n) is 7.44. The number of benzene rings is 3. The van der Waals surface area contributed by atoms with Crippen molar-refractivity contribution in [1.82, 2.24) is 9.88 Å². The number of hydrogen-bond donors (Lipinski definition) is 0. The van der Waals surface area contributed by atoms with E-state index in [0.29, 0.717) is 5.75 Å². The standard InChI is InChI=1S/C25H22N2O2S/c28-24(17-29-20-14-12-19(13-15-20)18-7-2-1-3-8-18)27-16-6-10-22(27)25-26-21-9-4-5-11-23(21)30-25/h1-5,7-9,11-15,22H,6,10,16-17H2/t22-/m0/s1. The third kappa shape index (κ3) is 3.81. The number of hydrogen-bond acceptors (Lipinski definition) is 4. The molecule has 2 heterocycles. The lowest BCUT2D eigenvalue weighted by Crippen LogP contribution is -2.34. The number of rotatable bonds is 5. The predicted molar refractivity (Wildman–Crippen MR) is 121 cm³/mol. The van der Waals surface area contributed by atoms with Crippen LogP contribution in [0.15, 0.2) is 78.9 Å². The lowest BCUT2D eigenvalue weighted by molar-refractivity contribution is -0.134. The number of likely N-dealkylation sites (tertiary alicyclic amines) is 1. The first-order valence-corrected chi connectivity index (χ1v) is 11.0. The number of para-hydroxylation sites is 1. The van der Waals surface area contributed by atoms with Gasteiger partial charge in [-0.15, -0.1) is 11.3 Å². The second-order valence-corrected chi connectivity index (χ2v) is 8.51. The van der Waals surface area contributed by atoms with E-state index in [1.165, 1.54) is 4.70 Å². The van der Waals surface area contributed by atoms with Gasteiger partial charge in [0, 0.05) is 6.54 Å². The van der Waals surface area contributed by atoms with E-state index in [2.05, 4.69) is 18.2 Å². The van der Waals surface area contributed by atoms with Crippen LogP contribution in [0, 0.1) is 0 Å². The van der Waals surface area contributed by atoms with Gasteiger partial charge in [0.15, 0.2) is 6.61 Å². The van der Waals surface area contributed by atoms with Crippen LogP contribution in [0.3, 0.4) is 0 Å². The van der Waals surface area contributed by atoms with E-state index >= 15 is 0 Å². The Bertz CT molecular complexity index is 1120. The zero-order valence-electron chi connectivity index (χ0n) is 16.5. The summed E-state index contributed by atoms with van der Waals surface area (Å²) in [7, 11) is 0. The summed E-state index contributed by atoms with van der Waals surface area (Å²) in [6.45, 7) is 0.807. The monoisotopic (exact) mass is 414 g/mol. The Balaban J connectivity index is 1.24. The highest BCUT2D eigenvalue weighted by Crippen LogP contribution is 2.36. The molecule has 1 aliphatic heterocycles. The number of ether oxygens (including phenoxy) is 1. The van der Waals surface area contributed by atoms with E-state index in [9.17, 15) is 4.79 Å². The molecule has 3 aromatic carbocycles. The van der Waals surface area contributed by atoms with Crippen LogP contribution in [0.1, 0.15) is 23.9 Å². The minimum absolute atomic E-state index is 0.0175. The van der Waals surface area contributed by atoms with Crippen molar-refractivity contribution in [2.24, 2.45) is 0 Å². The quantitative estimate of drug-likeness (QED) is 0.420. The Hall–Kier alpha value is -3.18. The van der Waals surface area contributed by atoms with Crippen molar-refractivity contribution < 1.29 is 9.53 Å². The molecule has 5 heteroatoms. The topological polar surface area (TPSA) is 42.4 Å². The smallest absolute Gasteiger partial charge is 0.261 e. The summed E-state index contributed by atoms with van der Waals surface area (Å²) < 4.78 is 6.97. The first-order chi connectivity index (χ1) is 14.8. The molecule has 5 rings (SSSR count). The maximum atomic E-state index is 12.9. The van der Waals surface area contributed by atoms with Crippen molar-refractivity contribution in [3.8, 4) is 16.9 Å². The zero-order valence-corrected chi connectivity index (χ0v) is 17.3. The molecule has 1 saturated heterocycles. The van der Waals surface area contributed by atoms with Gasteiger partial charge in [0.2, 0.25) is 0 Å². The van der Waals surface area contributed by atoms with Gasteiger partial charge in [-0.05, 0) is 48.2 Å². The van der Waals surface area contributed by atoms with Crippen LogP contribution < -0.4 is 4.74 Å². The van der Waals surface area contributed by atoms with Crippen LogP contribution in [-0.4, -0.2) is 28.9 Å². The van der Waals surface area contributed by atoms with Crippen LogP contribution in [0.5, 0.6) is 5.75 Å². The van der Waals surface area contributed by atoms with Crippen molar-refractivity contribution in [3.05, 3.63) is 83.9 Å². The second kappa shape index (κ2) is 8.28. The molecule has 0 radical (unpaired) electrons. The normalized spacial score (nSPS) is 16.1. The highest BCUT2D eigenvalue weighted by Gasteiger charge is 2.32. The summed E-state index contributed by atoms with van der Waals surface area (Å²) in [5.41, 5.74) is 3.30. The van der Waals surface area contributed by atoms with E-state index < -0.39 is 0 Å². The van der Waals surface area contributed by atoms with Gasteiger partial charge in [0.25, 0.3) is 5.91 Å². The average Bonchev–Trinajstić information content (AvgIpc) is 3.45. The number of carbonyl (C=O) groups excluding carboxylic acids is 1. The van der Waals surface area contributed by atoms with E-state index in [4.69, 9.17) is 9.72 Å². The molecule has 0 aliphatic carbocycles. The van der Waals surface area contributed by atoms with Crippen molar-refractivity contribution in [3.63, 3.8) is 0 Å². The maximum Gasteiger partial charge on any atom is 0.261 e. The fraction of sp³-hybridized carbons (Fsp3) is 0.200. The van der Waals surface area contributed by atoms with E-state index in [1.54, 1.807) is 11.3 Å². The molecule has 4 nitrogen and oxygen atoms in total. The summed E-state index contributed by atoms with van der Waals surface area (Å²) in [6.07, 6.45) is 1.95. The van der Waals surface area contributed by atoms with Crippen LogP contribution in [-0.2, 0) is 4.79 Å². The molecule has 1 aliphatic rings. The zero-order chi connectivity index (χ0) is 20.3. The van der Waals surface area contributed by atoms with Gasteiger partial charge in [-0.3, -0.25) is 4.79 Å². The van der Waals surface area contributed by atoms with Crippen molar-refractivity contribution in [2.45, 2.75) is 18.9 Å². The van der Waals surface area contributed by atoms with Crippen LogP contribution in [0.25, 0.3) is 21.3 Å². The molecular formula is C25H22N2O2S. The summed E-state index contributed by atoms with van der Waals surface area (Å²) in [5, 5.41) is 1.02. The molecule has 0 saturated carbocycles. The highest BCUT2D eigenvalue weighted by atomic mass is 32.1. The van der Waals surface area contributed by atoms with Crippen LogP contribution in [0.2, 0.25) is 0 Å². The van der Waals surface area contributed by atoms with E-state index in [1.807, 2.05) is 65.6 Å². The predicted octanol–water partition coefficient (Wildman–Crippen LogP) is 5.71. The summed E-state index contributed by atoms with van der Waals surface area (Å²) in [6, 6.07) is 26.3. The number of thiazole rings is 1. The third-order valence-corrected chi connectivity index (χ3v) is 6.63. The van der Waals surface area contributed by atoms with Gasteiger partial charge < -0.3 is 9.64 Å². The Kier molecular flexibility index (Phi) is 5.20. The molecule has 1 fully saturated rings. The SMILES string of the molecule is O=C(COc1ccc(-c2ccccc2)cc1)N1CCC[C@H]1c1nc2ccccc2s1. The number of nitrogens with zero attached hydrogens (tertiary/aromatic N) is 2. The molecule has 4 aromatic rings.